The fourth-order valence-corrected chi connectivity index (χ4v) is 9.05. The predicted molar refractivity (Wildman–Crippen MR) is 249 cm³/mol. The summed E-state index contributed by atoms with van der Waals surface area (Å²) in [6.45, 7) is 0. The maximum Gasteiger partial charge on any atom is 0.416 e. The molecule has 0 amide bonds. The average Bonchev–Trinajstić information content (AvgIpc) is 3.27. The molecule has 284 valence electrons. The molecule has 0 N–H and O–H groups in total. The molecule has 0 saturated heterocycles. The van der Waals surface area contributed by atoms with Crippen LogP contribution >= 0.6 is 0 Å². The number of rotatable bonds is 2. The van der Waals surface area contributed by atoms with Gasteiger partial charge in [0.1, 0.15) is 0 Å². The highest BCUT2D eigenvalue weighted by molar-refractivity contribution is 6.24. The molecule has 0 bridgehead atoms. The summed E-state index contributed by atoms with van der Waals surface area (Å²) in [4.78, 5) is 0. The maximum atomic E-state index is 13.4. The number of alkyl halides is 3. The molecule has 12 rings (SSSR count). The van der Waals surface area contributed by atoms with E-state index in [9.17, 15) is 13.2 Å². The first-order valence-corrected chi connectivity index (χ1v) is 20.1. The van der Waals surface area contributed by atoms with E-state index < -0.39 is 11.7 Å². The van der Waals surface area contributed by atoms with Gasteiger partial charge in [0, 0.05) is 0 Å². The normalized spacial score (nSPS) is 11.9. The molecule has 0 radical (unpaired) electrons. The van der Waals surface area contributed by atoms with Crippen LogP contribution in [0.25, 0.3) is 108 Å². The van der Waals surface area contributed by atoms with Crippen molar-refractivity contribution in [2.75, 3.05) is 0 Å². The third-order valence-electron chi connectivity index (χ3n) is 11.9. The Morgan fingerprint density at radius 2 is 0.517 bits per heavy atom. The second-order valence-electron chi connectivity index (χ2n) is 15.6. The summed E-state index contributed by atoms with van der Waals surface area (Å²) in [6, 6.07) is 72.1. The van der Waals surface area contributed by atoms with Gasteiger partial charge in [-0.2, -0.15) is 13.2 Å². The molecule has 0 nitrogen and oxygen atoms in total. The minimum atomic E-state index is -4.38. The van der Waals surface area contributed by atoms with Crippen LogP contribution in [0.15, 0.2) is 212 Å². The minimum Gasteiger partial charge on any atom is -0.166 e. The van der Waals surface area contributed by atoms with Crippen molar-refractivity contribution >= 4 is 86.2 Å². The number of hydrogen-bond acceptors (Lipinski definition) is 0. The van der Waals surface area contributed by atoms with E-state index in [0.717, 1.165) is 60.0 Å². The van der Waals surface area contributed by atoms with E-state index in [4.69, 9.17) is 0 Å². The Labute approximate surface area is 344 Å². The number of halogens is 3. The van der Waals surface area contributed by atoms with Crippen LogP contribution in [-0.2, 0) is 6.18 Å². The molecule has 0 spiro atoms. The van der Waals surface area contributed by atoms with Gasteiger partial charge in [-0.15, -0.1) is 0 Å². The lowest BCUT2D eigenvalue weighted by atomic mass is 9.84. The predicted octanol–water partition coefficient (Wildman–Crippen LogP) is 17.0. The van der Waals surface area contributed by atoms with Crippen molar-refractivity contribution < 1.29 is 13.2 Å². The van der Waals surface area contributed by atoms with Crippen LogP contribution in [-0.4, -0.2) is 0 Å². The molecular formula is C57H35F3. The first kappa shape index (κ1) is 35.7. The molecule has 0 heterocycles. The molecule has 3 heteroatoms. The monoisotopic (exact) mass is 776 g/mol. The van der Waals surface area contributed by atoms with Gasteiger partial charge in [0.05, 0.1) is 5.56 Å². The van der Waals surface area contributed by atoms with Crippen LogP contribution in [0.5, 0.6) is 0 Å². The molecular weight excluding hydrogens is 742 g/mol. The Kier molecular flexibility index (Phi) is 8.38. The van der Waals surface area contributed by atoms with Gasteiger partial charge in [0.2, 0.25) is 0 Å². The molecule has 0 aliphatic rings. The van der Waals surface area contributed by atoms with Crippen LogP contribution in [0.4, 0.5) is 13.2 Å². The van der Waals surface area contributed by atoms with Crippen molar-refractivity contribution in [1.82, 2.24) is 0 Å². The zero-order valence-corrected chi connectivity index (χ0v) is 32.3. The molecule has 12 aromatic rings. The van der Waals surface area contributed by atoms with Gasteiger partial charge in [-0.3, -0.25) is 0 Å². The highest BCUT2D eigenvalue weighted by Gasteiger charge is 2.30. The van der Waals surface area contributed by atoms with Crippen molar-refractivity contribution in [3.63, 3.8) is 0 Å². The average molecular weight is 777 g/mol. The van der Waals surface area contributed by atoms with E-state index in [1.54, 1.807) is 12.1 Å². The molecule has 0 atom stereocenters. The lowest BCUT2D eigenvalue weighted by molar-refractivity contribution is -0.137. The van der Waals surface area contributed by atoms with Gasteiger partial charge in [-0.25, -0.2) is 0 Å². The quantitative estimate of drug-likeness (QED) is 0.153. The number of hydrogen-bond donors (Lipinski definition) is 0. The Morgan fingerprint density at radius 3 is 0.867 bits per heavy atom. The Morgan fingerprint density at radius 1 is 0.233 bits per heavy atom. The molecule has 0 fully saturated rings. The van der Waals surface area contributed by atoms with Crippen molar-refractivity contribution in [3.05, 3.63) is 218 Å². The van der Waals surface area contributed by atoms with Crippen LogP contribution in [0.2, 0.25) is 0 Å². The molecule has 0 aliphatic heterocycles. The summed E-state index contributed by atoms with van der Waals surface area (Å²) in [5, 5.41) is 19.2. The van der Waals surface area contributed by atoms with Crippen LogP contribution in [0.3, 0.4) is 0 Å². The summed E-state index contributed by atoms with van der Waals surface area (Å²) >= 11 is 0. The summed E-state index contributed by atoms with van der Waals surface area (Å²) in [5.74, 6) is 0. The maximum absolute atomic E-state index is 13.4. The highest BCUT2D eigenvalue weighted by atomic mass is 19.4. The fourth-order valence-electron chi connectivity index (χ4n) is 9.05. The zero-order valence-electron chi connectivity index (χ0n) is 32.3. The summed E-state index contributed by atoms with van der Waals surface area (Å²) in [5.41, 5.74) is 3.29. The van der Waals surface area contributed by atoms with Gasteiger partial charge in [0.25, 0.3) is 0 Å². The van der Waals surface area contributed by atoms with Gasteiger partial charge in [-0.05, 0) is 181 Å². The first-order chi connectivity index (χ1) is 29.3. The summed E-state index contributed by atoms with van der Waals surface area (Å²) in [6.07, 6.45) is -4.38. The van der Waals surface area contributed by atoms with Gasteiger partial charge in [-0.1, -0.05) is 140 Å². The largest absolute Gasteiger partial charge is 0.416 e. The Balaban J connectivity index is 0.000000157. The molecule has 0 saturated carbocycles. The molecule has 12 aromatic carbocycles. The fraction of sp³-hybridized carbons (Fsp3) is 0.0175. The van der Waals surface area contributed by atoms with Crippen molar-refractivity contribution in [3.8, 4) is 22.3 Å². The van der Waals surface area contributed by atoms with Crippen molar-refractivity contribution in [2.45, 2.75) is 6.18 Å². The standard InChI is InChI=1S/C35H21F3.C22H14/c36-35(37,38)28-16-14-23(15-17-28)34-30-13-7-6-12-29(30)33(22-8-2-1-3-9-22)31-20-26-18-24-10-4-5-11-25(24)19-27(26)21-32(31)34;1-2-6-16-10-20-14-22-12-18-8-4-3-7-17(18)11-21(22)13-19(20)9-15(16)5-1/h1-21H;1-14H. The van der Waals surface area contributed by atoms with Crippen LogP contribution in [0.1, 0.15) is 5.56 Å². The first-order valence-electron chi connectivity index (χ1n) is 20.1. The highest BCUT2D eigenvalue weighted by Crippen LogP contribution is 2.46. The van der Waals surface area contributed by atoms with E-state index in [-0.39, 0.29) is 0 Å². The summed E-state index contributed by atoms with van der Waals surface area (Å²) in [7, 11) is 0. The molecule has 60 heavy (non-hydrogen) atoms. The second-order valence-corrected chi connectivity index (χ2v) is 15.6. The molecule has 0 unspecified atom stereocenters. The third kappa shape index (κ3) is 6.27. The van der Waals surface area contributed by atoms with E-state index >= 15 is 0 Å². The smallest absolute Gasteiger partial charge is 0.166 e. The van der Waals surface area contributed by atoms with Crippen LogP contribution in [0, 0.1) is 0 Å². The topological polar surface area (TPSA) is 0 Å². The van der Waals surface area contributed by atoms with Crippen LogP contribution < -0.4 is 0 Å². The Hall–Kier alpha value is -7.49. The SMILES string of the molecule is FC(F)(F)c1ccc(-c2c3ccccc3c(-c3ccccc3)c3cc4cc5ccccc5cc4cc23)cc1.c1ccc2cc3cc4cc5ccccc5cc4cc3cc2c1. The van der Waals surface area contributed by atoms with Crippen molar-refractivity contribution in [2.24, 2.45) is 0 Å². The summed E-state index contributed by atoms with van der Waals surface area (Å²) < 4.78 is 40.1. The van der Waals surface area contributed by atoms with Gasteiger partial charge < -0.3 is 0 Å². The van der Waals surface area contributed by atoms with E-state index in [2.05, 4.69) is 146 Å². The van der Waals surface area contributed by atoms with Crippen molar-refractivity contribution in [1.29, 1.82) is 0 Å². The van der Waals surface area contributed by atoms with Gasteiger partial charge in [0.15, 0.2) is 0 Å². The second kappa shape index (κ2) is 14.1. The van der Waals surface area contributed by atoms with E-state index in [1.807, 2.05) is 42.5 Å². The van der Waals surface area contributed by atoms with Gasteiger partial charge >= 0.3 is 6.18 Å². The van der Waals surface area contributed by atoms with E-state index in [1.165, 1.54) is 60.6 Å². The zero-order chi connectivity index (χ0) is 40.4. The molecule has 0 aromatic heterocycles. The number of fused-ring (bicyclic) bond motifs is 8. The lowest BCUT2D eigenvalue weighted by Crippen LogP contribution is -2.04. The minimum absolute atomic E-state index is 0.646. The molecule has 0 aliphatic carbocycles. The third-order valence-corrected chi connectivity index (χ3v) is 11.9. The number of benzene rings is 12. The lowest BCUT2D eigenvalue weighted by Gasteiger charge is -2.19. The Bertz CT molecular complexity index is 3440. The van der Waals surface area contributed by atoms with E-state index in [0.29, 0.717) is 0 Å².